The van der Waals surface area contributed by atoms with E-state index in [1.807, 2.05) is 32.9 Å². The molecule has 2 N–H and O–H groups in total. The highest BCUT2D eigenvalue weighted by atomic mass is 35.5. The van der Waals surface area contributed by atoms with Crippen LogP contribution in [-0.4, -0.2) is 23.9 Å². The summed E-state index contributed by atoms with van der Waals surface area (Å²) in [6.07, 6.45) is 1.61. The zero-order valence-electron chi connectivity index (χ0n) is 12.6. The molecule has 0 saturated heterocycles. The van der Waals surface area contributed by atoms with Gasteiger partial charge in [0.2, 0.25) is 11.8 Å². The number of nitrogens with one attached hydrogen (secondary N) is 2. The lowest BCUT2D eigenvalue weighted by atomic mass is 9.95. The van der Waals surface area contributed by atoms with Gasteiger partial charge in [-0.15, -0.1) is 0 Å². The third-order valence-electron chi connectivity index (χ3n) is 3.51. The Kier molecular flexibility index (Phi) is 4.28. The number of carbonyl (C=O) groups is 2. The van der Waals surface area contributed by atoms with Crippen LogP contribution in [0.25, 0.3) is 0 Å². The second-order valence-corrected chi connectivity index (χ2v) is 7.01. The first kappa shape index (κ1) is 15.8. The second-order valence-electron chi connectivity index (χ2n) is 6.57. The SMILES string of the molecule is CC(C)(C)NC(=O)CNC(=O)C1(c2ccc(Cl)cc2)CC1. The summed E-state index contributed by atoms with van der Waals surface area (Å²) in [5.41, 5.74) is 0.183. The number of halogens is 1. The summed E-state index contributed by atoms with van der Waals surface area (Å²) in [5.74, 6) is -0.267. The van der Waals surface area contributed by atoms with Crippen LogP contribution in [0.5, 0.6) is 0 Å². The highest BCUT2D eigenvalue weighted by Crippen LogP contribution is 2.48. The quantitative estimate of drug-likeness (QED) is 0.897. The molecule has 1 aromatic rings. The summed E-state index contributed by atoms with van der Waals surface area (Å²) in [5, 5.41) is 6.21. The molecule has 5 heteroatoms. The van der Waals surface area contributed by atoms with Crippen molar-refractivity contribution in [1.29, 1.82) is 0 Å². The van der Waals surface area contributed by atoms with Crippen LogP contribution in [0.1, 0.15) is 39.2 Å². The predicted molar refractivity (Wildman–Crippen MR) is 83.3 cm³/mol. The van der Waals surface area contributed by atoms with Gasteiger partial charge in [0.05, 0.1) is 12.0 Å². The van der Waals surface area contributed by atoms with Crippen molar-refractivity contribution in [3.8, 4) is 0 Å². The molecule has 0 unspecified atom stereocenters. The predicted octanol–water partition coefficient (Wildman–Crippen LogP) is 2.40. The maximum Gasteiger partial charge on any atom is 0.239 e. The smallest absolute Gasteiger partial charge is 0.239 e. The van der Waals surface area contributed by atoms with E-state index in [1.165, 1.54) is 0 Å². The fourth-order valence-electron chi connectivity index (χ4n) is 2.33. The normalized spacial score (nSPS) is 16.2. The maximum atomic E-state index is 12.4. The summed E-state index contributed by atoms with van der Waals surface area (Å²) < 4.78 is 0. The lowest BCUT2D eigenvalue weighted by Gasteiger charge is -2.21. The molecule has 21 heavy (non-hydrogen) atoms. The fourth-order valence-corrected chi connectivity index (χ4v) is 2.46. The van der Waals surface area contributed by atoms with E-state index >= 15 is 0 Å². The molecule has 114 valence electrons. The second kappa shape index (κ2) is 5.68. The number of rotatable bonds is 4. The summed E-state index contributed by atoms with van der Waals surface area (Å²) in [6, 6.07) is 7.33. The Morgan fingerprint density at radius 1 is 1.19 bits per heavy atom. The summed E-state index contributed by atoms with van der Waals surface area (Å²) in [6.45, 7) is 5.72. The van der Waals surface area contributed by atoms with Gasteiger partial charge in [0, 0.05) is 10.6 Å². The van der Waals surface area contributed by atoms with Crippen molar-refractivity contribution in [2.75, 3.05) is 6.54 Å². The first-order valence-electron chi connectivity index (χ1n) is 7.08. The van der Waals surface area contributed by atoms with Gasteiger partial charge in [-0.3, -0.25) is 9.59 Å². The van der Waals surface area contributed by atoms with Gasteiger partial charge in [-0.2, -0.15) is 0 Å². The van der Waals surface area contributed by atoms with Crippen LogP contribution in [-0.2, 0) is 15.0 Å². The first-order chi connectivity index (χ1) is 9.73. The number of hydrogen-bond acceptors (Lipinski definition) is 2. The van der Waals surface area contributed by atoms with E-state index in [9.17, 15) is 9.59 Å². The molecule has 0 bridgehead atoms. The Labute approximate surface area is 130 Å². The van der Waals surface area contributed by atoms with Crippen molar-refractivity contribution in [2.45, 2.75) is 44.6 Å². The summed E-state index contributed by atoms with van der Waals surface area (Å²) in [7, 11) is 0. The molecule has 0 aliphatic heterocycles. The minimum Gasteiger partial charge on any atom is -0.350 e. The van der Waals surface area contributed by atoms with Crippen molar-refractivity contribution in [2.24, 2.45) is 0 Å². The van der Waals surface area contributed by atoms with Gasteiger partial charge < -0.3 is 10.6 Å². The van der Waals surface area contributed by atoms with E-state index < -0.39 is 5.41 Å². The Hall–Kier alpha value is -1.55. The molecule has 1 aromatic carbocycles. The molecule has 0 heterocycles. The van der Waals surface area contributed by atoms with Crippen molar-refractivity contribution in [3.63, 3.8) is 0 Å². The molecule has 0 spiro atoms. The van der Waals surface area contributed by atoms with E-state index in [2.05, 4.69) is 10.6 Å². The average Bonchev–Trinajstić information content (AvgIpc) is 3.16. The van der Waals surface area contributed by atoms with Crippen LogP contribution in [0.15, 0.2) is 24.3 Å². The van der Waals surface area contributed by atoms with Crippen molar-refractivity contribution >= 4 is 23.4 Å². The van der Waals surface area contributed by atoms with E-state index in [0.717, 1.165) is 18.4 Å². The molecule has 4 nitrogen and oxygen atoms in total. The third-order valence-corrected chi connectivity index (χ3v) is 3.76. The average molecular weight is 309 g/mol. The molecule has 1 saturated carbocycles. The molecule has 0 atom stereocenters. The molecule has 1 aliphatic rings. The molecule has 0 aromatic heterocycles. The van der Waals surface area contributed by atoms with E-state index in [0.29, 0.717) is 5.02 Å². The zero-order chi connectivity index (χ0) is 15.7. The Bertz CT molecular complexity index is 542. The minimum atomic E-state index is -0.480. The number of benzene rings is 1. The van der Waals surface area contributed by atoms with E-state index in [4.69, 9.17) is 11.6 Å². The van der Waals surface area contributed by atoms with Gasteiger partial charge in [-0.05, 0) is 51.3 Å². The van der Waals surface area contributed by atoms with Crippen molar-refractivity contribution < 1.29 is 9.59 Å². The topological polar surface area (TPSA) is 58.2 Å². The Morgan fingerprint density at radius 3 is 2.24 bits per heavy atom. The Balaban J connectivity index is 1.94. The molecule has 2 amide bonds. The van der Waals surface area contributed by atoms with Gasteiger partial charge in [0.1, 0.15) is 0 Å². The van der Waals surface area contributed by atoms with Gasteiger partial charge in [0.15, 0.2) is 0 Å². The summed E-state index contributed by atoms with van der Waals surface area (Å²) in [4.78, 5) is 24.1. The number of carbonyl (C=O) groups excluding carboxylic acids is 2. The summed E-state index contributed by atoms with van der Waals surface area (Å²) >= 11 is 5.87. The van der Waals surface area contributed by atoms with Crippen molar-refractivity contribution in [1.82, 2.24) is 10.6 Å². The van der Waals surface area contributed by atoms with E-state index in [1.54, 1.807) is 12.1 Å². The Morgan fingerprint density at radius 2 is 1.76 bits per heavy atom. The standard InChI is InChI=1S/C16H21ClN2O2/c1-15(2,3)19-13(20)10-18-14(21)16(8-9-16)11-4-6-12(17)7-5-11/h4-7H,8-10H2,1-3H3,(H,18,21)(H,19,20). The highest BCUT2D eigenvalue weighted by molar-refractivity contribution is 6.30. The molecular formula is C16H21ClN2O2. The maximum absolute atomic E-state index is 12.4. The van der Waals surface area contributed by atoms with Crippen LogP contribution in [0.4, 0.5) is 0 Å². The lowest BCUT2D eigenvalue weighted by molar-refractivity contribution is -0.128. The zero-order valence-corrected chi connectivity index (χ0v) is 13.4. The minimum absolute atomic E-state index is 0.00540. The van der Waals surface area contributed by atoms with Crippen LogP contribution >= 0.6 is 11.6 Å². The van der Waals surface area contributed by atoms with Crippen LogP contribution in [0.2, 0.25) is 5.02 Å². The van der Waals surface area contributed by atoms with Gasteiger partial charge in [0.25, 0.3) is 0 Å². The monoisotopic (exact) mass is 308 g/mol. The lowest BCUT2D eigenvalue weighted by Crippen LogP contribution is -2.47. The molecule has 0 radical (unpaired) electrons. The largest absolute Gasteiger partial charge is 0.350 e. The highest BCUT2D eigenvalue weighted by Gasteiger charge is 2.51. The number of hydrogen-bond donors (Lipinski definition) is 2. The first-order valence-corrected chi connectivity index (χ1v) is 7.46. The van der Waals surface area contributed by atoms with Crippen LogP contribution < -0.4 is 10.6 Å². The van der Waals surface area contributed by atoms with E-state index in [-0.39, 0.29) is 23.9 Å². The molecule has 1 fully saturated rings. The molecule has 2 rings (SSSR count). The van der Waals surface area contributed by atoms with Gasteiger partial charge >= 0.3 is 0 Å². The molecular weight excluding hydrogens is 288 g/mol. The molecule has 1 aliphatic carbocycles. The van der Waals surface area contributed by atoms with Crippen molar-refractivity contribution in [3.05, 3.63) is 34.9 Å². The van der Waals surface area contributed by atoms with Crippen LogP contribution in [0.3, 0.4) is 0 Å². The van der Waals surface area contributed by atoms with Crippen LogP contribution in [0, 0.1) is 0 Å². The fraction of sp³-hybridized carbons (Fsp3) is 0.500. The van der Waals surface area contributed by atoms with Gasteiger partial charge in [-0.1, -0.05) is 23.7 Å². The number of amides is 2. The van der Waals surface area contributed by atoms with Gasteiger partial charge in [-0.25, -0.2) is 0 Å². The third kappa shape index (κ3) is 3.97.